The molecule has 22 heteroatoms. The molecule has 49 heavy (non-hydrogen) atoms. The molecule has 4 aliphatic heterocycles. The molecular formula is C27H47NO21. The minimum Gasteiger partial charge on any atom is -0.394 e. The van der Waals surface area contributed by atoms with E-state index in [0.717, 1.165) is 6.92 Å². The number of hydrogen-bond acceptors (Lipinski definition) is 21. The second-order valence-corrected chi connectivity index (χ2v) is 12.3. The minimum absolute atomic E-state index is 0.557. The van der Waals surface area contributed by atoms with Gasteiger partial charge >= 0.3 is 0 Å². The summed E-state index contributed by atoms with van der Waals surface area (Å²) in [5.74, 6) is -0.722. The number of carbonyl (C=O) groups is 1. The number of aliphatic hydroxyl groups excluding tert-OH is 13. The van der Waals surface area contributed by atoms with Crippen LogP contribution in [0.25, 0.3) is 0 Å². The summed E-state index contributed by atoms with van der Waals surface area (Å²) < 4.78 is 38.9. The van der Waals surface area contributed by atoms with Gasteiger partial charge in [0.2, 0.25) is 5.91 Å². The lowest BCUT2D eigenvalue weighted by atomic mass is 9.95. The van der Waals surface area contributed by atoms with Gasteiger partial charge in [0.1, 0.15) is 91.5 Å². The Kier molecular flexibility index (Phi) is 14.4. The van der Waals surface area contributed by atoms with Crippen molar-refractivity contribution in [2.75, 3.05) is 26.4 Å². The van der Waals surface area contributed by atoms with Gasteiger partial charge in [-0.05, 0) is 0 Å². The van der Waals surface area contributed by atoms with Crippen LogP contribution in [0.4, 0.5) is 0 Å². The van der Waals surface area contributed by atoms with Crippen LogP contribution in [0, 0.1) is 0 Å². The molecule has 22 nitrogen and oxygen atoms in total. The molecule has 14 N–H and O–H groups in total. The van der Waals surface area contributed by atoms with Crippen LogP contribution >= 0.6 is 0 Å². The zero-order chi connectivity index (χ0) is 36.3. The monoisotopic (exact) mass is 721 g/mol. The molecule has 4 heterocycles. The Balaban J connectivity index is 1.53. The smallest absolute Gasteiger partial charge is 0.217 e. The summed E-state index contributed by atoms with van der Waals surface area (Å²) in [5.41, 5.74) is 0. The Morgan fingerprint density at radius 2 is 1.08 bits per heavy atom. The van der Waals surface area contributed by atoms with E-state index >= 15 is 0 Å². The minimum atomic E-state index is -1.90. The van der Waals surface area contributed by atoms with Gasteiger partial charge in [-0.1, -0.05) is 0 Å². The molecular weight excluding hydrogens is 674 g/mol. The molecule has 0 radical (unpaired) electrons. The first-order chi connectivity index (χ1) is 23.2. The van der Waals surface area contributed by atoms with E-state index in [4.69, 9.17) is 33.2 Å². The fraction of sp³-hybridized carbons (Fsp3) is 0.963. The Bertz CT molecular complexity index is 1040. The van der Waals surface area contributed by atoms with Gasteiger partial charge in [0, 0.05) is 13.3 Å². The van der Waals surface area contributed by atoms with Crippen molar-refractivity contribution in [2.24, 2.45) is 0 Å². The molecule has 0 aliphatic carbocycles. The SMILES string of the molecule is CC(=O)NC1[C@H](OC2CC(O)[C@H](O[C@@H]3C(CO)OC(O)C(O)C3O)OC(CO)[C@@H]2O)OC(CO)[C@@H](O[C@@H]2OC(CO)[C@H](O)C(O)C2O)[C@@H]1O. The summed E-state index contributed by atoms with van der Waals surface area (Å²) in [6.07, 6.45) is -32.7. The quantitative estimate of drug-likeness (QED) is 0.0941. The fourth-order valence-electron chi connectivity index (χ4n) is 6.12. The Labute approximate surface area is 278 Å². The molecule has 12 unspecified atom stereocenters. The molecule has 0 saturated carbocycles. The lowest BCUT2D eigenvalue weighted by molar-refractivity contribution is -0.352. The van der Waals surface area contributed by atoms with Crippen LogP contribution in [0.15, 0.2) is 0 Å². The van der Waals surface area contributed by atoms with Crippen molar-refractivity contribution >= 4 is 5.91 Å². The van der Waals surface area contributed by atoms with Gasteiger partial charge in [0.05, 0.1) is 32.5 Å². The molecule has 0 aromatic heterocycles. The predicted octanol–water partition coefficient (Wildman–Crippen LogP) is -9.21. The van der Waals surface area contributed by atoms with Crippen LogP contribution in [0.5, 0.6) is 0 Å². The van der Waals surface area contributed by atoms with Gasteiger partial charge < -0.3 is 105 Å². The third kappa shape index (κ3) is 8.83. The van der Waals surface area contributed by atoms with Crippen LogP contribution in [-0.4, -0.2) is 221 Å². The number of nitrogens with one attached hydrogen (secondary N) is 1. The molecule has 4 fully saturated rings. The highest BCUT2D eigenvalue weighted by molar-refractivity contribution is 5.73. The highest BCUT2D eigenvalue weighted by atomic mass is 16.7. The Hall–Kier alpha value is -1.33. The lowest BCUT2D eigenvalue weighted by Gasteiger charge is -2.47. The molecule has 1 amide bonds. The number of ether oxygens (including phenoxy) is 7. The molecule has 4 aliphatic rings. The van der Waals surface area contributed by atoms with Gasteiger partial charge in [-0.3, -0.25) is 4.79 Å². The van der Waals surface area contributed by atoms with Crippen molar-refractivity contribution in [1.29, 1.82) is 0 Å². The summed E-state index contributed by atoms with van der Waals surface area (Å²) in [5, 5.41) is 136. The standard InChI is InChI=1S/C27H47NO21/c1-7(33)28-14-17(37)22(49-27-21(41)18(38)16(36)11(4-30)46-27)13(6-32)47-26(14)44-9-2-8(34)25(45-10(3-29)15(9)35)48-23-12(5-31)43-24(42)20(40)19(23)39/h8-27,29-32,34-42H,2-6H2,1H3,(H,28,33)/t8?,9?,10?,11?,12?,13?,14?,15-,16+,17-,18?,19?,20?,21?,22-,23-,24?,25+,26-,27+/m1/s1. The van der Waals surface area contributed by atoms with Crippen molar-refractivity contribution in [3.63, 3.8) is 0 Å². The van der Waals surface area contributed by atoms with Crippen molar-refractivity contribution < 1.29 is 104 Å². The Morgan fingerprint density at radius 3 is 1.67 bits per heavy atom. The van der Waals surface area contributed by atoms with Crippen LogP contribution < -0.4 is 5.32 Å². The van der Waals surface area contributed by atoms with Crippen LogP contribution in [0.3, 0.4) is 0 Å². The normalized spacial score (nSPS) is 49.7. The number of rotatable bonds is 11. The summed E-state index contributed by atoms with van der Waals surface area (Å²) in [7, 11) is 0. The predicted molar refractivity (Wildman–Crippen MR) is 150 cm³/mol. The zero-order valence-electron chi connectivity index (χ0n) is 26.2. The molecule has 286 valence electrons. The van der Waals surface area contributed by atoms with Crippen molar-refractivity contribution in [3.8, 4) is 0 Å². The maximum Gasteiger partial charge on any atom is 0.217 e. The average molecular weight is 722 g/mol. The van der Waals surface area contributed by atoms with Crippen LogP contribution in [0.2, 0.25) is 0 Å². The molecule has 20 atom stereocenters. The van der Waals surface area contributed by atoms with E-state index in [-0.39, 0.29) is 0 Å². The maximum absolute atomic E-state index is 12.2. The number of aliphatic hydroxyl groups is 13. The van der Waals surface area contributed by atoms with Crippen molar-refractivity contribution in [2.45, 2.75) is 136 Å². The third-order valence-corrected chi connectivity index (χ3v) is 8.84. The molecule has 4 rings (SSSR count). The number of amides is 1. The maximum atomic E-state index is 12.2. The number of carbonyl (C=O) groups excluding carboxylic acids is 1. The van der Waals surface area contributed by atoms with Gasteiger partial charge in [0.15, 0.2) is 25.2 Å². The van der Waals surface area contributed by atoms with Gasteiger partial charge in [0.25, 0.3) is 0 Å². The third-order valence-electron chi connectivity index (χ3n) is 8.84. The van der Waals surface area contributed by atoms with Gasteiger partial charge in [-0.25, -0.2) is 0 Å². The first-order valence-electron chi connectivity index (χ1n) is 15.6. The topological polar surface area (TPSA) is 357 Å². The molecule has 0 aromatic rings. The van der Waals surface area contributed by atoms with Gasteiger partial charge in [-0.2, -0.15) is 0 Å². The fourth-order valence-corrected chi connectivity index (χ4v) is 6.12. The lowest BCUT2D eigenvalue weighted by Crippen LogP contribution is -2.68. The van der Waals surface area contributed by atoms with E-state index in [0.29, 0.717) is 0 Å². The highest BCUT2D eigenvalue weighted by Gasteiger charge is 2.53. The van der Waals surface area contributed by atoms with E-state index in [2.05, 4.69) is 5.32 Å². The van der Waals surface area contributed by atoms with E-state index in [1.807, 2.05) is 0 Å². The summed E-state index contributed by atoms with van der Waals surface area (Å²) in [4.78, 5) is 12.2. The molecule has 0 aromatic carbocycles. The summed E-state index contributed by atoms with van der Waals surface area (Å²) >= 11 is 0. The first-order valence-corrected chi connectivity index (χ1v) is 15.6. The van der Waals surface area contributed by atoms with Crippen LogP contribution in [0.1, 0.15) is 13.3 Å². The summed E-state index contributed by atoms with van der Waals surface area (Å²) in [6, 6.07) is -1.55. The second-order valence-electron chi connectivity index (χ2n) is 12.3. The van der Waals surface area contributed by atoms with Crippen molar-refractivity contribution in [3.05, 3.63) is 0 Å². The van der Waals surface area contributed by atoms with Gasteiger partial charge in [-0.15, -0.1) is 0 Å². The van der Waals surface area contributed by atoms with Crippen molar-refractivity contribution in [1.82, 2.24) is 5.32 Å². The Morgan fingerprint density at radius 1 is 0.571 bits per heavy atom. The average Bonchev–Trinajstić information content (AvgIpc) is 3.18. The molecule has 0 bridgehead atoms. The second kappa shape index (κ2) is 17.5. The number of hydrogen-bond donors (Lipinski definition) is 14. The largest absolute Gasteiger partial charge is 0.394 e. The van der Waals surface area contributed by atoms with E-state index < -0.39 is 162 Å². The molecule has 0 spiro atoms. The summed E-state index contributed by atoms with van der Waals surface area (Å²) in [6.45, 7) is -2.27. The van der Waals surface area contributed by atoms with Crippen LogP contribution in [-0.2, 0) is 38.0 Å². The van der Waals surface area contributed by atoms with E-state index in [1.54, 1.807) is 0 Å². The van der Waals surface area contributed by atoms with E-state index in [1.165, 1.54) is 0 Å². The highest BCUT2D eigenvalue weighted by Crippen LogP contribution is 2.33. The van der Waals surface area contributed by atoms with E-state index in [9.17, 15) is 71.2 Å². The zero-order valence-corrected chi connectivity index (χ0v) is 26.2. The first kappa shape index (κ1) is 40.4. The molecule has 4 saturated heterocycles.